The second-order valence-electron chi connectivity index (χ2n) is 6.66. The average molecular weight is 390 g/mol. The van der Waals surface area contributed by atoms with Gasteiger partial charge in [-0.05, 0) is 37.1 Å². The Bertz CT molecular complexity index is 1030. The Morgan fingerprint density at radius 2 is 1.90 bits per heavy atom. The second kappa shape index (κ2) is 8.18. The lowest BCUT2D eigenvalue weighted by Crippen LogP contribution is -2.29. The average Bonchev–Trinajstić information content (AvgIpc) is 3.20. The second-order valence-corrected chi connectivity index (χ2v) is 6.66. The zero-order valence-corrected chi connectivity index (χ0v) is 16.3. The Hall–Kier alpha value is -3.61. The highest BCUT2D eigenvalue weighted by atomic mass is 16.5. The van der Waals surface area contributed by atoms with E-state index in [1.807, 2.05) is 68.4 Å². The van der Waals surface area contributed by atoms with E-state index >= 15 is 0 Å². The summed E-state index contributed by atoms with van der Waals surface area (Å²) in [6.07, 6.45) is 1.47. The number of hydrogen-bond donors (Lipinski definition) is 1. The van der Waals surface area contributed by atoms with Crippen LogP contribution in [0.4, 0.5) is 5.95 Å². The lowest BCUT2D eigenvalue weighted by molar-refractivity contribution is -0.140. The van der Waals surface area contributed by atoms with Gasteiger partial charge in [0.1, 0.15) is 24.7 Å². The van der Waals surface area contributed by atoms with Gasteiger partial charge in [-0.1, -0.05) is 42.5 Å². The van der Waals surface area contributed by atoms with Gasteiger partial charge in [-0.3, -0.25) is 0 Å². The fraction of sp³-hybridized carbons (Fsp3) is 0.227. The summed E-state index contributed by atoms with van der Waals surface area (Å²) < 4.78 is 12.9. The predicted octanol–water partition coefficient (Wildman–Crippen LogP) is 3.71. The number of anilines is 1. The molecule has 3 aromatic rings. The summed E-state index contributed by atoms with van der Waals surface area (Å²) >= 11 is 0. The molecule has 0 saturated heterocycles. The molecule has 1 aliphatic heterocycles. The van der Waals surface area contributed by atoms with Crippen molar-refractivity contribution >= 4 is 11.9 Å². The number of nitrogens with one attached hydrogen (secondary N) is 1. The first-order chi connectivity index (χ1) is 14.2. The maximum absolute atomic E-state index is 13.1. The van der Waals surface area contributed by atoms with Crippen molar-refractivity contribution in [2.75, 3.05) is 11.9 Å². The van der Waals surface area contributed by atoms with Crippen LogP contribution in [0.5, 0.6) is 5.75 Å². The van der Waals surface area contributed by atoms with E-state index in [0.717, 1.165) is 16.9 Å². The predicted molar refractivity (Wildman–Crippen MR) is 108 cm³/mol. The molecular weight excluding hydrogens is 368 g/mol. The van der Waals surface area contributed by atoms with E-state index in [1.165, 1.54) is 6.33 Å². The molecule has 0 radical (unpaired) electrons. The molecular formula is C22H22N4O3. The molecule has 0 aliphatic carbocycles. The van der Waals surface area contributed by atoms with Gasteiger partial charge in [0.25, 0.3) is 0 Å². The molecule has 29 heavy (non-hydrogen) atoms. The molecule has 0 saturated carbocycles. The van der Waals surface area contributed by atoms with Gasteiger partial charge in [0.05, 0.1) is 12.2 Å². The van der Waals surface area contributed by atoms with Gasteiger partial charge in [-0.25, -0.2) is 9.48 Å². The third-order valence-electron chi connectivity index (χ3n) is 4.73. The fourth-order valence-corrected chi connectivity index (χ4v) is 3.38. The van der Waals surface area contributed by atoms with Gasteiger partial charge in [-0.15, -0.1) is 0 Å². The molecule has 7 heteroatoms. The Morgan fingerprint density at radius 1 is 1.14 bits per heavy atom. The first-order valence-electron chi connectivity index (χ1n) is 9.48. The largest absolute Gasteiger partial charge is 0.494 e. The number of hydrogen-bond acceptors (Lipinski definition) is 6. The van der Waals surface area contributed by atoms with Crippen LogP contribution in [0.3, 0.4) is 0 Å². The standard InChI is InChI=1S/C22H22N4O3/c1-3-28-18-11-9-17(10-12-18)20-19(15(2)25-22-23-14-24-26(20)22)21(27)29-13-16-7-5-4-6-8-16/h4-12,14,20H,3,13H2,1-2H3,(H,23,24,25)/t20-/m1/s1. The van der Waals surface area contributed by atoms with Crippen molar-refractivity contribution in [2.45, 2.75) is 26.5 Å². The third kappa shape index (κ3) is 3.85. The number of esters is 1. The Labute approximate surface area is 169 Å². The quantitative estimate of drug-likeness (QED) is 0.647. The van der Waals surface area contributed by atoms with Crippen molar-refractivity contribution in [1.29, 1.82) is 0 Å². The number of carbonyl (C=O) groups excluding carboxylic acids is 1. The molecule has 4 rings (SSSR count). The first kappa shape index (κ1) is 18.7. The Morgan fingerprint density at radius 3 is 2.62 bits per heavy atom. The van der Waals surface area contributed by atoms with Crippen LogP contribution in [0.1, 0.15) is 31.0 Å². The van der Waals surface area contributed by atoms with E-state index in [9.17, 15) is 4.79 Å². The summed E-state index contributed by atoms with van der Waals surface area (Å²) in [7, 11) is 0. The summed E-state index contributed by atoms with van der Waals surface area (Å²) in [6.45, 7) is 4.58. The summed E-state index contributed by atoms with van der Waals surface area (Å²) in [5.41, 5.74) is 3.03. The minimum Gasteiger partial charge on any atom is -0.494 e. The van der Waals surface area contributed by atoms with E-state index in [0.29, 0.717) is 23.8 Å². The molecule has 0 fully saturated rings. The third-order valence-corrected chi connectivity index (χ3v) is 4.73. The summed E-state index contributed by atoms with van der Waals surface area (Å²) in [5.74, 6) is 0.970. The van der Waals surface area contributed by atoms with Gasteiger partial charge in [0.15, 0.2) is 0 Å². The van der Waals surface area contributed by atoms with Crippen LogP contribution < -0.4 is 10.1 Å². The van der Waals surface area contributed by atoms with Crippen molar-refractivity contribution in [2.24, 2.45) is 0 Å². The number of nitrogens with zero attached hydrogens (tertiary/aromatic N) is 3. The van der Waals surface area contributed by atoms with E-state index in [2.05, 4.69) is 15.4 Å². The van der Waals surface area contributed by atoms with Crippen LogP contribution in [0.15, 0.2) is 72.2 Å². The van der Waals surface area contributed by atoms with E-state index in [1.54, 1.807) is 4.68 Å². The van der Waals surface area contributed by atoms with Crippen LogP contribution in [-0.2, 0) is 16.1 Å². The molecule has 1 aliphatic rings. The van der Waals surface area contributed by atoms with Gasteiger partial charge in [0, 0.05) is 5.70 Å². The molecule has 1 aromatic heterocycles. The SMILES string of the molecule is CCOc1ccc([C@@H]2C(C(=O)OCc3ccccc3)=C(C)Nc3ncnn32)cc1. The van der Waals surface area contributed by atoms with Gasteiger partial charge in [0.2, 0.25) is 5.95 Å². The smallest absolute Gasteiger partial charge is 0.338 e. The zero-order chi connectivity index (χ0) is 20.2. The Balaban J connectivity index is 1.65. The van der Waals surface area contributed by atoms with E-state index < -0.39 is 6.04 Å². The molecule has 0 amide bonds. The van der Waals surface area contributed by atoms with Crippen molar-refractivity contribution in [1.82, 2.24) is 14.8 Å². The Kier molecular flexibility index (Phi) is 5.29. The highest BCUT2D eigenvalue weighted by molar-refractivity contribution is 5.92. The number of aromatic nitrogens is 3. The van der Waals surface area contributed by atoms with E-state index in [4.69, 9.17) is 9.47 Å². The number of ether oxygens (including phenoxy) is 2. The number of allylic oxidation sites excluding steroid dienone is 1. The summed E-state index contributed by atoms with van der Waals surface area (Å²) in [6, 6.07) is 16.8. The van der Waals surface area contributed by atoms with Crippen LogP contribution in [0.25, 0.3) is 0 Å². The van der Waals surface area contributed by atoms with Gasteiger partial charge >= 0.3 is 5.97 Å². The topological polar surface area (TPSA) is 78.3 Å². The molecule has 0 bridgehead atoms. The monoisotopic (exact) mass is 390 g/mol. The van der Waals surface area contributed by atoms with Crippen LogP contribution >= 0.6 is 0 Å². The summed E-state index contributed by atoms with van der Waals surface area (Å²) in [4.78, 5) is 17.3. The molecule has 148 valence electrons. The lowest BCUT2D eigenvalue weighted by Gasteiger charge is -2.28. The van der Waals surface area contributed by atoms with Crippen molar-refractivity contribution < 1.29 is 14.3 Å². The van der Waals surface area contributed by atoms with E-state index in [-0.39, 0.29) is 12.6 Å². The lowest BCUT2D eigenvalue weighted by atomic mass is 9.95. The number of fused-ring (bicyclic) bond motifs is 1. The van der Waals surface area contributed by atoms with Crippen molar-refractivity contribution in [3.05, 3.63) is 83.3 Å². The first-order valence-corrected chi connectivity index (χ1v) is 9.48. The zero-order valence-electron chi connectivity index (χ0n) is 16.3. The van der Waals surface area contributed by atoms with Crippen LogP contribution in [-0.4, -0.2) is 27.3 Å². The molecule has 0 spiro atoms. The number of rotatable bonds is 6. The molecule has 1 atom stereocenters. The fourth-order valence-electron chi connectivity index (χ4n) is 3.38. The highest BCUT2D eigenvalue weighted by Gasteiger charge is 2.34. The highest BCUT2D eigenvalue weighted by Crippen LogP contribution is 2.35. The van der Waals surface area contributed by atoms with Crippen molar-refractivity contribution in [3.8, 4) is 5.75 Å². The van der Waals surface area contributed by atoms with Crippen LogP contribution in [0.2, 0.25) is 0 Å². The minimum absolute atomic E-state index is 0.205. The minimum atomic E-state index is -0.437. The molecule has 7 nitrogen and oxygen atoms in total. The van der Waals surface area contributed by atoms with Crippen molar-refractivity contribution in [3.63, 3.8) is 0 Å². The van der Waals surface area contributed by atoms with Gasteiger partial charge in [-0.2, -0.15) is 10.1 Å². The maximum Gasteiger partial charge on any atom is 0.338 e. The maximum atomic E-state index is 13.1. The molecule has 1 N–H and O–H groups in total. The molecule has 2 heterocycles. The number of carbonyl (C=O) groups is 1. The molecule has 0 unspecified atom stereocenters. The number of benzene rings is 2. The summed E-state index contributed by atoms with van der Waals surface area (Å²) in [5, 5.41) is 7.47. The normalized spacial score (nSPS) is 15.4. The van der Waals surface area contributed by atoms with Gasteiger partial charge < -0.3 is 14.8 Å². The molecule has 2 aromatic carbocycles. The van der Waals surface area contributed by atoms with Crippen LogP contribution in [0, 0.1) is 0 Å².